The fourth-order valence-corrected chi connectivity index (χ4v) is 1.23. The summed E-state index contributed by atoms with van der Waals surface area (Å²) in [5.41, 5.74) is 0.169. The average Bonchev–Trinajstić information content (AvgIpc) is 2.17. The van der Waals surface area contributed by atoms with Gasteiger partial charge in [-0.15, -0.1) is 0 Å². The highest BCUT2D eigenvalue weighted by atomic mass is 19.3. The Bertz CT molecular complexity index is 305. The van der Waals surface area contributed by atoms with Crippen LogP contribution in [0.5, 0.6) is 5.75 Å². The summed E-state index contributed by atoms with van der Waals surface area (Å²) in [5.74, 6) is 4.98. The second kappa shape index (κ2) is 4.88. The van der Waals surface area contributed by atoms with Crippen LogP contribution in [0, 0.1) is 0 Å². The van der Waals surface area contributed by atoms with Crippen molar-refractivity contribution in [1.29, 1.82) is 0 Å². The van der Waals surface area contributed by atoms with Gasteiger partial charge in [0.15, 0.2) is 0 Å². The fraction of sp³-hybridized carbons (Fsp3) is 0.333. The molecular formula is C9H11F2NO2. The number of alkyl halides is 2. The van der Waals surface area contributed by atoms with Crippen molar-refractivity contribution in [2.45, 2.75) is 13.0 Å². The Labute approximate surface area is 80.4 Å². The van der Waals surface area contributed by atoms with E-state index in [1.807, 2.05) is 0 Å². The second-order valence-corrected chi connectivity index (χ2v) is 2.64. The SMILES string of the molecule is COc1cccc(CON)c1C(F)F. The van der Waals surface area contributed by atoms with Gasteiger partial charge in [-0.25, -0.2) is 14.7 Å². The van der Waals surface area contributed by atoms with Gasteiger partial charge in [0.1, 0.15) is 5.75 Å². The Morgan fingerprint density at radius 3 is 2.64 bits per heavy atom. The maximum Gasteiger partial charge on any atom is 0.267 e. The molecule has 0 amide bonds. The van der Waals surface area contributed by atoms with E-state index in [-0.39, 0.29) is 17.9 Å². The third-order valence-electron chi connectivity index (χ3n) is 1.83. The van der Waals surface area contributed by atoms with Gasteiger partial charge in [-0.3, -0.25) is 4.84 Å². The number of methoxy groups -OCH3 is 1. The quantitative estimate of drug-likeness (QED) is 0.761. The number of hydrogen-bond donors (Lipinski definition) is 1. The molecule has 0 atom stereocenters. The van der Waals surface area contributed by atoms with Crippen LogP contribution in [0.25, 0.3) is 0 Å². The summed E-state index contributed by atoms with van der Waals surface area (Å²) in [4.78, 5) is 4.33. The molecule has 0 aromatic heterocycles. The molecule has 78 valence electrons. The highest BCUT2D eigenvalue weighted by molar-refractivity contribution is 5.40. The van der Waals surface area contributed by atoms with Crippen LogP contribution in [-0.2, 0) is 11.4 Å². The summed E-state index contributed by atoms with van der Waals surface area (Å²) in [7, 11) is 1.34. The molecule has 0 aliphatic carbocycles. The number of ether oxygens (including phenoxy) is 1. The van der Waals surface area contributed by atoms with E-state index in [4.69, 9.17) is 10.6 Å². The number of nitrogens with two attached hydrogens (primary N) is 1. The Hall–Kier alpha value is -1.20. The van der Waals surface area contributed by atoms with Gasteiger partial charge in [-0.05, 0) is 11.6 Å². The lowest BCUT2D eigenvalue weighted by Crippen LogP contribution is -2.04. The predicted octanol–water partition coefficient (Wildman–Crippen LogP) is 2.02. The van der Waals surface area contributed by atoms with E-state index in [0.717, 1.165) is 0 Å². The molecule has 0 aliphatic heterocycles. The van der Waals surface area contributed by atoms with Gasteiger partial charge in [-0.2, -0.15) is 0 Å². The van der Waals surface area contributed by atoms with Crippen LogP contribution >= 0.6 is 0 Å². The molecule has 14 heavy (non-hydrogen) atoms. The first-order valence-electron chi connectivity index (χ1n) is 3.96. The Kier molecular flexibility index (Phi) is 3.79. The highest BCUT2D eigenvalue weighted by Crippen LogP contribution is 2.32. The smallest absolute Gasteiger partial charge is 0.267 e. The lowest BCUT2D eigenvalue weighted by molar-refractivity contribution is 0.112. The predicted molar refractivity (Wildman–Crippen MR) is 46.9 cm³/mol. The van der Waals surface area contributed by atoms with E-state index in [1.54, 1.807) is 6.07 Å². The molecule has 2 N–H and O–H groups in total. The summed E-state index contributed by atoms with van der Waals surface area (Å²) in [6.07, 6.45) is -2.60. The van der Waals surface area contributed by atoms with Crippen LogP contribution < -0.4 is 10.6 Å². The zero-order valence-electron chi connectivity index (χ0n) is 7.67. The van der Waals surface area contributed by atoms with E-state index in [0.29, 0.717) is 5.56 Å². The third-order valence-corrected chi connectivity index (χ3v) is 1.83. The lowest BCUT2D eigenvalue weighted by atomic mass is 10.1. The van der Waals surface area contributed by atoms with Gasteiger partial charge < -0.3 is 4.74 Å². The minimum absolute atomic E-state index is 0.0587. The third kappa shape index (κ3) is 2.18. The Morgan fingerprint density at radius 2 is 2.14 bits per heavy atom. The van der Waals surface area contributed by atoms with Gasteiger partial charge in [0, 0.05) is 0 Å². The van der Waals surface area contributed by atoms with Gasteiger partial charge >= 0.3 is 0 Å². The summed E-state index contributed by atoms with van der Waals surface area (Å²) < 4.78 is 30.1. The maximum atomic E-state index is 12.6. The van der Waals surface area contributed by atoms with Crippen LogP contribution in [0.4, 0.5) is 8.78 Å². The average molecular weight is 203 g/mol. The maximum absolute atomic E-state index is 12.6. The normalized spacial score (nSPS) is 10.6. The molecule has 1 aromatic carbocycles. The van der Waals surface area contributed by atoms with Crippen molar-refractivity contribution in [3.8, 4) is 5.75 Å². The molecule has 5 heteroatoms. The van der Waals surface area contributed by atoms with Crippen LogP contribution in [0.1, 0.15) is 17.6 Å². The lowest BCUT2D eigenvalue weighted by Gasteiger charge is -2.11. The van der Waals surface area contributed by atoms with E-state index >= 15 is 0 Å². The van der Waals surface area contributed by atoms with Gasteiger partial charge in [-0.1, -0.05) is 12.1 Å². The Morgan fingerprint density at radius 1 is 1.43 bits per heavy atom. The number of benzene rings is 1. The molecule has 0 aliphatic rings. The summed E-state index contributed by atoms with van der Waals surface area (Å²) >= 11 is 0. The first-order chi connectivity index (χ1) is 6.70. The van der Waals surface area contributed by atoms with Crippen LogP contribution in [0.15, 0.2) is 18.2 Å². The molecule has 0 saturated carbocycles. The summed E-state index contributed by atoms with van der Waals surface area (Å²) in [6, 6.07) is 4.61. The van der Waals surface area contributed by atoms with E-state index in [1.165, 1.54) is 19.2 Å². The van der Waals surface area contributed by atoms with Crippen molar-refractivity contribution in [3.63, 3.8) is 0 Å². The van der Waals surface area contributed by atoms with Crippen molar-refractivity contribution in [1.82, 2.24) is 0 Å². The van der Waals surface area contributed by atoms with Crippen LogP contribution in [0.2, 0.25) is 0 Å². The molecule has 0 fully saturated rings. The molecular weight excluding hydrogens is 192 g/mol. The highest BCUT2D eigenvalue weighted by Gasteiger charge is 2.18. The molecule has 1 rings (SSSR count). The van der Waals surface area contributed by atoms with E-state index in [2.05, 4.69) is 4.84 Å². The van der Waals surface area contributed by atoms with Crippen LogP contribution in [-0.4, -0.2) is 7.11 Å². The number of hydrogen-bond acceptors (Lipinski definition) is 3. The second-order valence-electron chi connectivity index (χ2n) is 2.64. The van der Waals surface area contributed by atoms with Crippen molar-refractivity contribution < 1.29 is 18.4 Å². The minimum atomic E-state index is -2.60. The van der Waals surface area contributed by atoms with E-state index < -0.39 is 6.43 Å². The first kappa shape index (κ1) is 10.9. The van der Waals surface area contributed by atoms with Gasteiger partial charge in [0.05, 0.1) is 19.3 Å². The molecule has 0 radical (unpaired) electrons. The van der Waals surface area contributed by atoms with Gasteiger partial charge in [0.2, 0.25) is 0 Å². The fourth-order valence-electron chi connectivity index (χ4n) is 1.23. The molecule has 1 aromatic rings. The number of halogens is 2. The zero-order chi connectivity index (χ0) is 10.6. The molecule has 3 nitrogen and oxygen atoms in total. The summed E-state index contributed by atoms with van der Waals surface area (Å²) in [6.45, 7) is -0.0587. The monoisotopic (exact) mass is 203 g/mol. The largest absolute Gasteiger partial charge is 0.496 e. The van der Waals surface area contributed by atoms with Crippen LogP contribution in [0.3, 0.4) is 0 Å². The first-order valence-corrected chi connectivity index (χ1v) is 3.96. The van der Waals surface area contributed by atoms with Crippen molar-refractivity contribution >= 4 is 0 Å². The summed E-state index contributed by atoms with van der Waals surface area (Å²) in [5, 5.41) is 0. The topological polar surface area (TPSA) is 44.5 Å². The van der Waals surface area contributed by atoms with Crippen molar-refractivity contribution in [3.05, 3.63) is 29.3 Å². The zero-order valence-corrected chi connectivity index (χ0v) is 7.67. The molecule has 0 heterocycles. The minimum Gasteiger partial charge on any atom is -0.496 e. The molecule has 0 spiro atoms. The van der Waals surface area contributed by atoms with Crippen molar-refractivity contribution in [2.24, 2.45) is 5.90 Å². The molecule has 0 unspecified atom stereocenters. The molecule has 0 bridgehead atoms. The molecule has 0 saturated heterocycles. The van der Waals surface area contributed by atoms with E-state index in [9.17, 15) is 8.78 Å². The van der Waals surface area contributed by atoms with Crippen molar-refractivity contribution in [2.75, 3.05) is 7.11 Å². The van der Waals surface area contributed by atoms with Gasteiger partial charge in [0.25, 0.3) is 6.43 Å². The standard InChI is InChI=1S/C9H11F2NO2/c1-13-7-4-2-3-6(5-14-12)8(7)9(10)11/h2-4,9H,5,12H2,1H3. The number of rotatable bonds is 4. The Balaban J connectivity index is 3.14.